The van der Waals surface area contributed by atoms with Gasteiger partial charge in [-0.3, -0.25) is 0 Å². The average Bonchev–Trinajstić information content (AvgIpc) is 3.34. The first-order chi connectivity index (χ1) is 12.8. The lowest BCUT2D eigenvalue weighted by Crippen LogP contribution is -2.41. The third kappa shape index (κ3) is 3.99. The number of oxazole rings is 1. The Labute approximate surface area is 156 Å². The molecule has 2 aromatic heterocycles. The Hall–Kier alpha value is -2.54. The van der Waals surface area contributed by atoms with Crippen LogP contribution in [0, 0.1) is 5.92 Å². The largest absolute Gasteiger partial charge is 0.423 e. The van der Waals surface area contributed by atoms with Gasteiger partial charge in [-0.15, -0.1) is 11.3 Å². The summed E-state index contributed by atoms with van der Waals surface area (Å²) in [5.74, 6) is 0.489. The SMILES string of the molecule is O=C(NCc1cccs1)NCC1CCN(c2nc3ccccc3o2)CC1. The Morgan fingerprint density at radius 1 is 1.19 bits per heavy atom. The third-order valence-electron chi connectivity index (χ3n) is 4.72. The first-order valence-electron chi connectivity index (χ1n) is 8.92. The molecule has 7 heteroatoms. The number of hydrogen-bond acceptors (Lipinski definition) is 5. The molecule has 0 aliphatic carbocycles. The van der Waals surface area contributed by atoms with Crippen molar-refractivity contribution in [2.24, 2.45) is 5.92 Å². The Balaban J connectivity index is 1.21. The van der Waals surface area contributed by atoms with Crippen LogP contribution in [0.4, 0.5) is 10.8 Å². The first-order valence-corrected chi connectivity index (χ1v) is 9.80. The van der Waals surface area contributed by atoms with Crippen LogP contribution < -0.4 is 15.5 Å². The summed E-state index contributed by atoms with van der Waals surface area (Å²) < 4.78 is 5.84. The van der Waals surface area contributed by atoms with Gasteiger partial charge in [0, 0.05) is 24.5 Å². The molecule has 0 atom stereocenters. The number of nitrogens with zero attached hydrogens (tertiary/aromatic N) is 2. The summed E-state index contributed by atoms with van der Waals surface area (Å²) in [6.07, 6.45) is 2.04. The quantitative estimate of drug-likeness (QED) is 0.720. The Bertz CT molecular complexity index is 820. The summed E-state index contributed by atoms with van der Waals surface area (Å²) in [7, 11) is 0. The van der Waals surface area contributed by atoms with Gasteiger partial charge < -0.3 is 20.0 Å². The average molecular weight is 370 g/mol. The van der Waals surface area contributed by atoms with Gasteiger partial charge in [0.25, 0.3) is 6.01 Å². The highest BCUT2D eigenvalue weighted by atomic mass is 32.1. The zero-order valence-corrected chi connectivity index (χ0v) is 15.3. The zero-order chi connectivity index (χ0) is 17.8. The van der Waals surface area contributed by atoms with E-state index in [0.29, 0.717) is 25.0 Å². The highest BCUT2D eigenvalue weighted by Crippen LogP contribution is 2.26. The Morgan fingerprint density at radius 2 is 2.04 bits per heavy atom. The molecule has 1 aliphatic rings. The second-order valence-corrected chi connectivity index (χ2v) is 7.57. The molecular weight excluding hydrogens is 348 g/mol. The van der Waals surface area contributed by atoms with Crippen molar-refractivity contribution in [2.45, 2.75) is 19.4 Å². The normalized spacial score (nSPS) is 15.3. The molecule has 3 heterocycles. The highest BCUT2D eigenvalue weighted by Gasteiger charge is 2.23. The van der Waals surface area contributed by atoms with Crippen molar-refractivity contribution in [3.8, 4) is 0 Å². The number of anilines is 1. The number of urea groups is 1. The van der Waals surface area contributed by atoms with Crippen LogP contribution in [0.25, 0.3) is 11.1 Å². The van der Waals surface area contributed by atoms with Crippen molar-refractivity contribution >= 4 is 34.5 Å². The van der Waals surface area contributed by atoms with Crippen molar-refractivity contribution in [1.82, 2.24) is 15.6 Å². The van der Waals surface area contributed by atoms with E-state index in [1.807, 2.05) is 41.8 Å². The number of para-hydroxylation sites is 2. The molecule has 1 aliphatic heterocycles. The fourth-order valence-corrected chi connectivity index (χ4v) is 3.85. The van der Waals surface area contributed by atoms with Gasteiger partial charge in [0.15, 0.2) is 5.58 Å². The predicted molar refractivity (Wildman–Crippen MR) is 104 cm³/mol. The van der Waals surface area contributed by atoms with Crippen LogP contribution in [0.15, 0.2) is 46.2 Å². The monoisotopic (exact) mass is 370 g/mol. The number of carbonyl (C=O) groups is 1. The van der Waals surface area contributed by atoms with E-state index in [0.717, 1.165) is 41.9 Å². The summed E-state index contributed by atoms with van der Waals surface area (Å²) in [5.41, 5.74) is 1.72. The number of thiophene rings is 1. The molecule has 136 valence electrons. The van der Waals surface area contributed by atoms with Gasteiger partial charge in [-0.1, -0.05) is 18.2 Å². The number of benzene rings is 1. The number of hydrogen-bond donors (Lipinski definition) is 2. The van der Waals surface area contributed by atoms with Crippen LogP contribution in [0.1, 0.15) is 17.7 Å². The first kappa shape index (κ1) is 16.9. The van der Waals surface area contributed by atoms with Crippen molar-refractivity contribution in [3.63, 3.8) is 0 Å². The highest BCUT2D eigenvalue weighted by molar-refractivity contribution is 7.09. The molecule has 0 unspecified atom stereocenters. The number of nitrogens with one attached hydrogen (secondary N) is 2. The molecule has 1 aromatic carbocycles. The smallest absolute Gasteiger partial charge is 0.315 e. The third-order valence-corrected chi connectivity index (χ3v) is 5.60. The standard InChI is InChI=1S/C19H22N4O2S/c24-18(21-13-15-4-3-11-26-15)20-12-14-7-9-23(10-8-14)19-22-16-5-1-2-6-17(16)25-19/h1-6,11,14H,7-10,12-13H2,(H2,20,21,24). The molecule has 0 saturated carbocycles. The van der Waals surface area contributed by atoms with Crippen LogP contribution in [0.5, 0.6) is 0 Å². The summed E-state index contributed by atoms with van der Waals surface area (Å²) in [5, 5.41) is 7.90. The molecule has 4 rings (SSSR count). The Kier molecular flexibility index (Phi) is 5.06. The molecule has 6 nitrogen and oxygen atoms in total. The van der Waals surface area contributed by atoms with E-state index < -0.39 is 0 Å². The van der Waals surface area contributed by atoms with E-state index in [9.17, 15) is 4.79 Å². The maximum atomic E-state index is 11.9. The second kappa shape index (κ2) is 7.78. The minimum absolute atomic E-state index is 0.0974. The van der Waals surface area contributed by atoms with Gasteiger partial charge in [0.05, 0.1) is 6.54 Å². The maximum absolute atomic E-state index is 11.9. The van der Waals surface area contributed by atoms with E-state index in [1.54, 1.807) is 11.3 Å². The lowest BCUT2D eigenvalue weighted by atomic mass is 9.97. The van der Waals surface area contributed by atoms with E-state index in [1.165, 1.54) is 0 Å². The van der Waals surface area contributed by atoms with Crippen LogP contribution in [0.3, 0.4) is 0 Å². The van der Waals surface area contributed by atoms with Gasteiger partial charge >= 0.3 is 6.03 Å². The maximum Gasteiger partial charge on any atom is 0.315 e. The molecule has 0 spiro atoms. The van der Waals surface area contributed by atoms with E-state index in [4.69, 9.17) is 4.42 Å². The summed E-state index contributed by atoms with van der Waals surface area (Å²) in [4.78, 5) is 19.8. The van der Waals surface area contributed by atoms with Gasteiger partial charge in [-0.05, 0) is 42.3 Å². The van der Waals surface area contributed by atoms with Crippen LogP contribution in [-0.4, -0.2) is 30.6 Å². The number of rotatable bonds is 5. The molecule has 0 bridgehead atoms. The van der Waals surface area contributed by atoms with Crippen LogP contribution in [0.2, 0.25) is 0 Å². The second-order valence-electron chi connectivity index (χ2n) is 6.54. The predicted octanol–water partition coefficient (Wildman–Crippen LogP) is 3.61. The number of carbonyl (C=O) groups excluding carboxylic acids is 1. The van der Waals surface area contributed by atoms with Crippen LogP contribution >= 0.6 is 11.3 Å². The molecule has 26 heavy (non-hydrogen) atoms. The molecular formula is C19H22N4O2S. The molecule has 0 radical (unpaired) electrons. The Morgan fingerprint density at radius 3 is 2.81 bits per heavy atom. The fourth-order valence-electron chi connectivity index (χ4n) is 3.20. The van der Waals surface area contributed by atoms with Gasteiger partial charge in [0.1, 0.15) is 5.52 Å². The van der Waals surface area contributed by atoms with Crippen molar-refractivity contribution in [3.05, 3.63) is 46.7 Å². The number of aromatic nitrogens is 1. The molecule has 1 fully saturated rings. The molecule has 2 N–H and O–H groups in total. The fraction of sp³-hybridized carbons (Fsp3) is 0.368. The lowest BCUT2D eigenvalue weighted by molar-refractivity contribution is 0.237. The summed E-state index contributed by atoms with van der Waals surface area (Å²) >= 11 is 1.65. The van der Waals surface area contributed by atoms with E-state index in [2.05, 4.69) is 20.5 Å². The van der Waals surface area contributed by atoms with E-state index in [-0.39, 0.29) is 6.03 Å². The van der Waals surface area contributed by atoms with Gasteiger partial charge in [0.2, 0.25) is 0 Å². The van der Waals surface area contributed by atoms with E-state index >= 15 is 0 Å². The van der Waals surface area contributed by atoms with Crippen molar-refractivity contribution in [2.75, 3.05) is 24.5 Å². The summed E-state index contributed by atoms with van der Waals surface area (Å²) in [6, 6.07) is 12.4. The number of fused-ring (bicyclic) bond motifs is 1. The van der Waals surface area contributed by atoms with Gasteiger partial charge in [-0.2, -0.15) is 4.98 Å². The van der Waals surface area contributed by atoms with Gasteiger partial charge in [-0.25, -0.2) is 4.79 Å². The molecule has 1 saturated heterocycles. The number of amides is 2. The molecule has 2 amide bonds. The van der Waals surface area contributed by atoms with Crippen molar-refractivity contribution < 1.29 is 9.21 Å². The van der Waals surface area contributed by atoms with Crippen LogP contribution in [-0.2, 0) is 6.54 Å². The summed E-state index contributed by atoms with van der Waals surface area (Å²) in [6.45, 7) is 3.09. The molecule has 3 aromatic rings. The minimum Gasteiger partial charge on any atom is -0.423 e. The van der Waals surface area contributed by atoms with Crippen molar-refractivity contribution in [1.29, 1.82) is 0 Å². The minimum atomic E-state index is -0.0974. The zero-order valence-electron chi connectivity index (χ0n) is 14.5. The topological polar surface area (TPSA) is 70.4 Å². The number of piperidine rings is 1. The lowest BCUT2D eigenvalue weighted by Gasteiger charge is -2.30.